The second-order valence-corrected chi connectivity index (χ2v) is 6.17. The van der Waals surface area contributed by atoms with Gasteiger partial charge in [0, 0.05) is 25.7 Å². The Balaban J connectivity index is 1.85. The smallest absolute Gasteiger partial charge is 0.322 e. The zero-order valence-electron chi connectivity index (χ0n) is 12.3. The lowest BCUT2D eigenvalue weighted by molar-refractivity contribution is 0.244. The standard InChI is InChI=1S/C16H23N3O/c1-12(2)10-17-16(20)19-11-13-6-5-9-18(13)14-7-3-4-8-15(14)19/h3-4,7-8,12-13H,5-6,9-11H2,1-2H3,(H,17,20). The van der Waals surface area contributed by atoms with E-state index >= 15 is 0 Å². The van der Waals surface area contributed by atoms with Crippen LogP contribution >= 0.6 is 0 Å². The van der Waals surface area contributed by atoms with Crippen molar-refractivity contribution in [1.82, 2.24) is 5.32 Å². The maximum atomic E-state index is 12.5. The van der Waals surface area contributed by atoms with E-state index in [4.69, 9.17) is 0 Å². The molecule has 0 spiro atoms. The first-order chi connectivity index (χ1) is 9.66. The van der Waals surface area contributed by atoms with Crippen molar-refractivity contribution >= 4 is 17.4 Å². The highest BCUT2D eigenvalue weighted by molar-refractivity contribution is 5.97. The number of nitrogens with zero attached hydrogens (tertiary/aromatic N) is 2. The second kappa shape index (κ2) is 5.35. The quantitative estimate of drug-likeness (QED) is 0.899. The van der Waals surface area contributed by atoms with Crippen molar-refractivity contribution in [2.45, 2.75) is 32.7 Å². The number of amides is 2. The molecule has 20 heavy (non-hydrogen) atoms. The van der Waals surface area contributed by atoms with Gasteiger partial charge in [0.05, 0.1) is 11.4 Å². The predicted octanol–water partition coefficient (Wildman–Crippen LogP) is 2.84. The first-order valence-corrected chi connectivity index (χ1v) is 7.58. The topological polar surface area (TPSA) is 35.6 Å². The molecule has 2 heterocycles. The molecule has 0 bridgehead atoms. The van der Waals surface area contributed by atoms with Crippen LogP contribution in [0.4, 0.5) is 16.2 Å². The van der Waals surface area contributed by atoms with E-state index in [0.29, 0.717) is 12.0 Å². The summed E-state index contributed by atoms with van der Waals surface area (Å²) in [6.45, 7) is 6.88. The Morgan fingerprint density at radius 1 is 1.35 bits per heavy atom. The maximum absolute atomic E-state index is 12.5. The van der Waals surface area contributed by atoms with Crippen molar-refractivity contribution in [2.24, 2.45) is 5.92 Å². The zero-order valence-corrected chi connectivity index (χ0v) is 12.3. The number of urea groups is 1. The zero-order chi connectivity index (χ0) is 14.1. The van der Waals surface area contributed by atoms with Crippen LogP contribution in [0.2, 0.25) is 0 Å². The molecule has 3 rings (SSSR count). The van der Waals surface area contributed by atoms with Gasteiger partial charge in [0.1, 0.15) is 0 Å². The van der Waals surface area contributed by atoms with Gasteiger partial charge < -0.3 is 10.2 Å². The number of anilines is 2. The van der Waals surface area contributed by atoms with Gasteiger partial charge in [-0.15, -0.1) is 0 Å². The third kappa shape index (κ3) is 2.35. The summed E-state index contributed by atoms with van der Waals surface area (Å²) in [5.74, 6) is 0.474. The van der Waals surface area contributed by atoms with Gasteiger partial charge in [-0.2, -0.15) is 0 Å². The van der Waals surface area contributed by atoms with Gasteiger partial charge in [-0.05, 0) is 30.9 Å². The fourth-order valence-electron chi connectivity index (χ4n) is 3.17. The van der Waals surface area contributed by atoms with Crippen molar-refractivity contribution < 1.29 is 4.79 Å². The second-order valence-electron chi connectivity index (χ2n) is 6.17. The molecule has 1 N–H and O–H groups in total. The third-order valence-corrected chi connectivity index (χ3v) is 4.16. The largest absolute Gasteiger partial charge is 0.365 e. The molecule has 0 aliphatic carbocycles. The predicted molar refractivity (Wildman–Crippen MR) is 82.4 cm³/mol. The fraction of sp³-hybridized carbons (Fsp3) is 0.562. The summed E-state index contributed by atoms with van der Waals surface area (Å²) in [6, 6.07) is 8.78. The molecule has 1 unspecified atom stereocenters. The van der Waals surface area contributed by atoms with E-state index in [0.717, 1.165) is 25.3 Å². The number of fused-ring (bicyclic) bond motifs is 3. The molecule has 2 aliphatic rings. The minimum atomic E-state index is 0.0395. The van der Waals surface area contributed by atoms with Crippen LogP contribution in [0.25, 0.3) is 0 Å². The molecule has 0 aromatic heterocycles. The Labute approximate surface area is 120 Å². The number of carbonyl (C=O) groups excluding carboxylic acids is 1. The summed E-state index contributed by atoms with van der Waals surface area (Å²) in [4.78, 5) is 16.8. The lowest BCUT2D eigenvalue weighted by Gasteiger charge is -2.40. The van der Waals surface area contributed by atoms with Crippen LogP contribution in [0.3, 0.4) is 0 Å². The van der Waals surface area contributed by atoms with E-state index in [1.54, 1.807) is 0 Å². The van der Waals surface area contributed by atoms with Crippen LogP contribution in [-0.2, 0) is 0 Å². The molecular formula is C16H23N3O. The van der Waals surface area contributed by atoms with Crippen molar-refractivity contribution in [3.63, 3.8) is 0 Å². The first-order valence-electron chi connectivity index (χ1n) is 7.58. The Kier molecular flexibility index (Phi) is 3.55. The molecule has 1 aromatic rings. The Morgan fingerprint density at radius 2 is 2.10 bits per heavy atom. The lowest BCUT2D eigenvalue weighted by Crippen LogP contribution is -2.51. The van der Waals surface area contributed by atoms with Gasteiger partial charge in [0.15, 0.2) is 0 Å². The minimum absolute atomic E-state index is 0.0395. The first kappa shape index (κ1) is 13.3. The van der Waals surface area contributed by atoms with Crippen molar-refractivity contribution in [1.29, 1.82) is 0 Å². The van der Waals surface area contributed by atoms with Crippen molar-refractivity contribution in [3.05, 3.63) is 24.3 Å². The molecule has 2 aliphatic heterocycles. The van der Waals surface area contributed by atoms with E-state index in [2.05, 4.69) is 42.3 Å². The minimum Gasteiger partial charge on any atom is -0.365 e. The number of rotatable bonds is 2. The Morgan fingerprint density at radius 3 is 2.85 bits per heavy atom. The summed E-state index contributed by atoms with van der Waals surface area (Å²) in [6.07, 6.45) is 2.41. The summed E-state index contributed by atoms with van der Waals surface area (Å²) in [5.41, 5.74) is 2.26. The van der Waals surface area contributed by atoms with Crippen LogP contribution in [0.5, 0.6) is 0 Å². The van der Waals surface area contributed by atoms with Gasteiger partial charge in [-0.3, -0.25) is 4.90 Å². The maximum Gasteiger partial charge on any atom is 0.322 e. The van der Waals surface area contributed by atoms with Gasteiger partial charge in [0.25, 0.3) is 0 Å². The van der Waals surface area contributed by atoms with Gasteiger partial charge in [-0.1, -0.05) is 26.0 Å². The molecule has 1 aromatic carbocycles. The monoisotopic (exact) mass is 273 g/mol. The van der Waals surface area contributed by atoms with Crippen LogP contribution in [-0.4, -0.2) is 31.7 Å². The number of hydrogen-bond donors (Lipinski definition) is 1. The molecule has 1 atom stereocenters. The average molecular weight is 273 g/mol. The molecule has 108 valence electrons. The van der Waals surface area contributed by atoms with Crippen molar-refractivity contribution in [3.8, 4) is 0 Å². The SMILES string of the molecule is CC(C)CNC(=O)N1CC2CCCN2c2ccccc21. The number of carbonyl (C=O) groups is 1. The molecule has 4 nitrogen and oxygen atoms in total. The highest BCUT2D eigenvalue weighted by Crippen LogP contribution is 2.39. The summed E-state index contributed by atoms with van der Waals surface area (Å²) < 4.78 is 0. The van der Waals surface area contributed by atoms with Crippen LogP contribution < -0.4 is 15.1 Å². The number of benzene rings is 1. The van der Waals surface area contributed by atoms with Crippen LogP contribution in [0.15, 0.2) is 24.3 Å². The normalized spacial score (nSPS) is 20.9. The van der Waals surface area contributed by atoms with Crippen LogP contribution in [0.1, 0.15) is 26.7 Å². The fourth-order valence-corrected chi connectivity index (χ4v) is 3.17. The van der Waals surface area contributed by atoms with E-state index in [9.17, 15) is 4.79 Å². The van der Waals surface area contributed by atoms with E-state index < -0.39 is 0 Å². The number of nitrogens with one attached hydrogen (secondary N) is 1. The number of para-hydroxylation sites is 2. The van der Waals surface area contributed by atoms with Crippen LogP contribution in [0, 0.1) is 5.92 Å². The number of hydrogen-bond acceptors (Lipinski definition) is 2. The highest BCUT2D eigenvalue weighted by Gasteiger charge is 2.35. The Hall–Kier alpha value is -1.71. The average Bonchev–Trinajstić information content (AvgIpc) is 2.92. The summed E-state index contributed by atoms with van der Waals surface area (Å²) >= 11 is 0. The molecule has 4 heteroatoms. The molecule has 2 amide bonds. The van der Waals surface area contributed by atoms with Gasteiger partial charge in [-0.25, -0.2) is 4.79 Å². The third-order valence-electron chi connectivity index (χ3n) is 4.16. The van der Waals surface area contributed by atoms with Gasteiger partial charge >= 0.3 is 6.03 Å². The molecule has 1 saturated heterocycles. The molecule has 1 fully saturated rings. The summed E-state index contributed by atoms with van der Waals surface area (Å²) in [5, 5.41) is 3.04. The lowest BCUT2D eigenvalue weighted by atomic mass is 10.1. The summed E-state index contributed by atoms with van der Waals surface area (Å²) in [7, 11) is 0. The molecule has 0 saturated carbocycles. The van der Waals surface area contributed by atoms with Crippen molar-refractivity contribution in [2.75, 3.05) is 29.4 Å². The van der Waals surface area contributed by atoms with E-state index in [1.807, 2.05) is 11.0 Å². The van der Waals surface area contributed by atoms with E-state index in [-0.39, 0.29) is 6.03 Å². The van der Waals surface area contributed by atoms with E-state index in [1.165, 1.54) is 18.5 Å². The Bertz CT molecular complexity index is 500. The van der Waals surface area contributed by atoms with Gasteiger partial charge in [0.2, 0.25) is 0 Å². The molecule has 0 radical (unpaired) electrons. The molecular weight excluding hydrogens is 250 g/mol. The highest BCUT2D eigenvalue weighted by atomic mass is 16.2.